The number of carbonyl (C=O) groups excluding carboxylic acids is 1. The van der Waals surface area contributed by atoms with Crippen LogP contribution in [0.3, 0.4) is 0 Å². The Morgan fingerprint density at radius 2 is 1.19 bits per heavy atom. The second-order valence-electron chi connectivity index (χ2n) is 11.3. The predicted molar refractivity (Wildman–Crippen MR) is 185 cm³/mol. The van der Waals surface area contributed by atoms with E-state index in [4.69, 9.17) is 37.9 Å². The number of hydrogen-bond acceptors (Lipinski definition) is 11. The van der Waals surface area contributed by atoms with Crippen LogP contribution in [-0.2, 0) is 33.2 Å². The normalized spacial score (nSPS) is 14.6. The molecule has 1 unspecified atom stereocenters. The molecule has 1 heterocycles. The Morgan fingerprint density at radius 1 is 0.688 bits per heavy atom. The standard InChI is InChI=1S/C37H56N2O9/c1-4-12-38-13-15-39(16-14-38)37(34-10-8-33(9-11-34)32(2)40)35-6-5-7-36(31-35)48-30-29-47-28-27-46-26-25-45-24-23-44-22-21-43-20-19-42-18-17-41-3/h4-11,31,37H,1,12-30H2,2-3H3. The highest BCUT2D eigenvalue weighted by molar-refractivity contribution is 5.94. The van der Waals surface area contributed by atoms with Crippen LogP contribution < -0.4 is 4.74 Å². The molecule has 1 atom stereocenters. The quantitative estimate of drug-likeness (QED) is 0.0748. The van der Waals surface area contributed by atoms with Crippen LogP contribution in [0.15, 0.2) is 61.2 Å². The predicted octanol–water partition coefficient (Wildman–Crippen LogP) is 3.91. The second kappa shape index (κ2) is 25.3. The minimum Gasteiger partial charge on any atom is -0.491 e. The lowest BCUT2D eigenvalue weighted by Gasteiger charge is -2.39. The van der Waals surface area contributed by atoms with E-state index in [1.807, 2.05) is 30.3 Å². The third-order valence-corrected chi connectivity index (χ3v) is 7.75. The van der Waals surface area contributed by atoms with Crippen molar-refractivity contribution in [3.63, 3.8) is 0 Å². The summed E-state index contributed by atoms with van der Waals surface area (Å²) in [4.78, 5) is 16.8. The van der Waals surface area contributed by atoms with Crippen molar-refractivity contribution in [1.29, 1.82) is 0 Å². The molecule has 1 aliphatic rings. The van der Waals surface area contributed by atoms with Crippen molar-refractivity contribution in [1.82, 2.24) is 9.80 Å². The number of carbonyl (C=O) groups is 1. The van der Waals surface area contributed by atoms with E-state index in [1.54, 1.807) is 14.0 Å². The van der Waals surface area contributed by atoms with E-state index in [0.717, 1.165) is 55.2 Å². The van der Waals surface area contributed by atoms with E-state index in [0.29, 0.717) is 92.5 Å². The first kappa shape index (κ1) is 39.7. The van der Waals surface area contributed by atoms with E-state index in [2.05, 4.69) is 40.6 Å². The van der Waals surface area contributed by atoms with E-state index in [-0.39, 0.29) is 11.8 Å². The largest absolute Gasteiger partial charge is 0.491 e. The number of rotatable bonds is 28. The van der Waals surface area contributed by atoms with Crippen molar-refractivity contribution in [3.8, 4) is 5.75 Å². The van der Waals surface area contributed by atoms with Gasteiger partial charge in [0.15, 0.2) is 5.78 Å². The first-order valence-corrected chi connectivity index (χ1v) is 17.0. The summed E-state index contributed by atoms with van der Waals surface area (Å²) >= 11 is 0. The minimum absolute atomic E-state index is 0.0624. The lowest BCUT2D eigenvalue weighted by Crippen LogP contribution is -2.47. The third-order valence-electron chi connectivity index (χ3n) is 7.75. The fourth-order valence-electron chi connectivity index (χ4n) is 5.24. The summed E-state index contributed by atoms with van der Waals surface area (Å²) in [6, 6.07) is 16.3. The Kier molecular flexibility index (Phi) is 20.9. The second-order valence-corrected chi connectivity index (χ2v) is 11.3. The SMILES string of the molecule is C=CCN1CCN(C(c2ccc(C(C)=O)cc2)c2cccc(OCCOCCOCCOCCOCCOCCOCCOC)c2)CC1. The molecule has 2 aromatic carbocycles. The zero-order valence-electron chi connectivity index (χ0n) is 29.0. The summed E-state index contributed by atoms with van der Waals surface area (Å²) in [5, 5.41) is 0. The lowest BCUT2D eigenvalue weighted by molar-refractivity contribution is -0.0199. The van der Waals surface area contributed by atoms with Gasteiger partial charge in [0.05, 0.1) is 91.9 Å². The molecule has 1 aliphatic heterocycles. The Bertz CT molecular complexity index is 1130. The molecule has 11 heteroatoms. The van der Waals surface area contributed by atoms with Gasteiger partial charge in [0.1, 0.15) is 12.4 Å². The number of piperazine rings is 1. The van der Waals surface area contributed by atoms with Crippen molar-refractivity contribution in [3.05, 3.63) is 77.9 Å². The van der Waals surface area contributed by atoms with Crippen molar-refractivity contribution < 1.29 is 42.7 Å². The van der Waals surface area contributed by atoms with Crippen LogP contribution in [0.4, 0.5) is 0 Å². The van der Waals surface area contributed by atoms with Crippen LogP contribution in [0.25, 0.3) is 0 Å². The Labute approximate surface area is 287 Å². The average molecular weight is 673 g/mol. The van der Waals surface area contributed by atoms with E-state index >= 15 is 0 Å². The third kappa shape index (κ3) is 16.1. The van der Waals surface area contributed by atoms with Crippen LogP contribution in [-0.4, -0.2) is 148 Å². The molecular weight excluding hydrogens is 616 g/mol. The maximum atomic E-state index is 11.9. The molecule has 48 heavy (non-hydrogen) atoms. The Hall–Kier alpha value is -2.71. The Balaban J connectivity index is 1.27. The first-order valence-electron chi connectivity index (χ1n) is 17.0. The van der Waals surface area contributed by atoms with Gasteiger partial charge in [-0.15, -0.1) is 6.58 Å². The smallest absolute Gasteiger partial charge is 0.159 e. The van der Waals surface area contributed by atoms with Crippen LogP contribution in [0.1, 0.15) is 34.5 Å². The monoisotopic (exact) mass is 672 g/mol. The number of Topliss-reactive ketones (excluding diaryl/α,β-unsaturated/α-hetero) is 1. The molecule has 1 fully saturated rings. The van der Waals surface area contributed by atoms with E-state index in [9.17, 15) is 4.79 Å². The summed E-state index contributed by atoms with van der Waals surface area (Å²) in [7, 11) is 1.65. The topological polar surface area (TPSA) is 97.4 Å². The number of benzene rings is 2. The van der Waals surface area contributed by atoms with Gasteiger partial charge in [0.25, 0.3) is 0 Å². The van der Waals surface area contributed by atoms with E-state index < -0.39 is 0 Å². The molecule has 2 aromatic rings. The van der Waals surface area contributed by atoms with Gasteiger partial charge in [-0.3, -0.25) is 14.6 Å². The van der Waals surface area contributed by atoms with Crippen LogP contribution >= 0.6 is 0 Å². The summed E-state index contributed by atoms with van der Waals surface area (Å²) in [6.45, 7) is 17.5. The molecule has 11 nitrogen and oxygen atoms in total. The summed E-state index contributed by atoms with van der Waals surface area (Å²) in [5.41, 5.74) is 3.04. The molecule has 0 aromatic heterocycles. The lowest BCUT2D eigenvalue weighted by atomic mass is 9.95. The van der Waals surface area contributed by atoms with Gasteiger partial charge in [-0.1, -0.05) is 42.5 Å². The first-order chi connectivity index (χ1) is 23.6. The molecule has 1 saturated heterocycles. The maximum Gasteiger partial charge on any atom is 0.159 e. The van der Waals surface area contributed by atoms with Crippen LogP contribution in [0.5, 0.6) is 5.75 Å². The highest BCUT2D eigenvalue weighted by atomic mass is 16.6. The summed E-state index contributed by atoms with van der Waals surface area (Å²) < 4.78 is 44.0. The fraction of sp³-hybridized carbons (Fsp3) is 0.595. The maximum absolute atomic E-state index is 11.9. The molecule has 268 valence electrons. The number of methoxy groups -OCH3 is 1. The minimum atomic E-state index is 0.0624. The molecular formula is C37H56N2O9. The molecule has 0 spiro atoms. The molecule has 0 N–H and O–H groups in total. The van der Waals surface area contributed by atoms with Crippen molar-refractivity contribution in [2.75, 3.05) is 132 Å². The van der Waals surface area contributed by atoms with Gasteiger partial charge in [-0.2, -0.15) is 0 Å². The highest BCUT2D eigenvalue weighted by Gasteiger charge is 2.26. The van der Waals surface area contributed by atoms with Gasteiger partial charge >= 0.3 is 0 Å². The number of hydrogen-bond donors (Lipinski definition) is 0. The average Bonchev–Trinajstić information content (AvgIpc) is 3.10. The van der Waals surface area contributed by atoms with Gasteiger partial charge in [0.2, 0.25) is 0 Å². The van der Waals surface area contributed by atoms with E-state index in [1.165, 1.54) is 0 Å². The highest BCUT2D eigenvalue weighted by Crippen LogP contribution is 2.32. The van der Waals surface area contributed by atoms with Gasteiger partial charge in [0, 0.05) is 45.4 Å². The summed E-state index contributed by atoms with van der Waals surface area (Å²) in [6.07, 6.45) is 1.96. The molecule has 0 aliphatic carbocycles. The molecule has 0 radical (unpaired) electrons. The van der Waals surface area contributed by atoms with Gasteiger partial charge < -0.3 is 37.9 Å². The number of ketones is 1. The van der Waals surface area contributed by atoms with Crippen LogP contribution in [0.2, 0.25) is 0 Å². The van der Waals surface area contributed by atoms with Crippen molar-refractivity contribution in [2.45, 2.75) is 13.0 Å². The molecule has 0 saturated carbocycles. The fourth-order valence-corrected chi connectivity index (χ4v) is 5.24. The van der Waals surface area contributed by atoms with Gasteiger partial charge in [-0.25, -0.2) is 0 Å². The Morgan fingerprint density at radius 3 is 1.67 bits per heavy atom. The molecule has 0 bridgehead atoms. The molecule has 3 rings (SSSR count). The van der Waals surface area contributed by atoms with Crippen LogP contribution in [0, 0.1) is 0 Å². The van der Waals surface area contributed by atoms with Crippen molar-refractivity contribution in [2.24, 2.45) is 0 Å². The number of nitrogens with zero attached hydrogens (tertiary/aromatic N) is 2. The van der Waals surface area contributed by atoms with Gasteiger partial charge in [-0.05, 0) is 30.2 Å². The summed E-state index contributed by atoms with van der Waals surface area (Å²) in [5.74, 6) is 0.876. The number of ether oxygens (including phenoxy) is 8. The zero-order chi connectivity index (χ0) is 34.1. The van der Waals surface area contributed by atoms with Crippen molar-refractivity contribution >= 4 is 5.78 Å². The molecule has 0 amide bonds. The zero-order valence-corrected chi connectivity index (χ0v) is 29.0.